The van der Waals surface area contributed by atoms with Crippen molar-refractivity contribution >= 4 is 0 Å². The minimum atomic E-state index is 0.568. The lowest BCUT2D eigenvalue weighted by Crippen LogP contribution is -2.43. The monoisotopic (exact) mass is 226 g/mol. The highest BCUT2D eigenvalue weighted by Gasteiger charge is 2.16. The van der Waals surface area contributed by atoms with E-state index in [1.54, 1.807) is 0 Å². The predicted octanol–water partition coefficient (Wildman–Crippen LogP) is 2.89. The Morgan fingerprint density at radius 2 is 1.75 bits per heavy atom. The smallest absolute Gasteiger partial charge is 0.0107 e. The zero-order valence-corrected chi connectivity index (χ0v) is 11.5. The number of hydrogen-bond donors (Lipinski definition) is 1. The van der Waals surface area contributed by atoms with Crippen molar-refractivity contribution in [2.24, 2.45) is 5.41 Å². The minimum absolute atomic E-state index is 0.568. The van der Waals surface area contributed by atoms with E-state index in [0.717, 1.165) is 0 Å². The van der Waals surface area contributed by atoms with Crippen LogP contribution in [-0.2, 0) is 0 Å². The summed E-state index contributed by atoms with van der Waals surface area (Å²) in [6.45, 7) is 13.3. The molecule has 1 fully saturated rings. The van der Waals surface area contributed by atoms with E-state index in [0.29, 0.717) is 5.41 Å². The maximum Gasteiger partial charge on any atom is 0.0107 e. The van der Waals surface area contributed by atoms with Gasteiger partial charge in [-0.2, -0.15) is 0 Å². The van der Waals surface area contributed by atoms with E-state index in [-0.39, 0.29) is 0 Å². The Kier molecular flexibility index (Phi) is 6.37. The van der Waals surface area contributed by atoms with Crippen molar-refractivity contribution in [3.05, 3.63) is 0 Å². The van der Waals surface area contributed by atoms with Gasteiger partial charge in [-0.25, -0.2) is 0 Å². The summed E-state index contributed by atoms with van der Waals surface area (Å²) in [4.78, 5) is 2.60. The molecule has 1 N–H and O–H groups in total. The Morgan fingerprint density at radius 1 is 1.06 bits per heavy atom. The van der Waals surface area contributed by atoms with Crippen LogP contribution >= 0.6 is 0 Å². The molecule has 0 aromatic heterocycles. The van der Waals surface area contributed by atoms with Gasteiger partial charge >= 0.3 is 0 Å². The van der Waals surface area contributed by atoms with Crippen LogP contribution in [0, 0.1) is 5.41 Å². The first-order valence-electron chi connectivity index (χ1n) is 7.07. The zero-order chi connectivity index (χ0) is 11.9. The van der Waals surface area contributed by atoms with Crippen molar-refractivity contribution in [3.8, 4) is 0 Å². The number of unbranched alkanes of at least 4 members (excludes halogenated alkanes) is 1. The average molecular weight is 226 g/mol. The Balaban J connectivity index is 2.02. The third-order valence-corrected chi connectivity index (χ3v) is 3.71. The van der Waals surface area contributed by atoms with Crippen LogP contribution in [0.25, 0.3) is 0 Å². The van der Waals surface area contributed by atoms with Gasteiger partial charge in [0.2, 0.25) is 0 Å². The standard InChI is InChI=1S/C14H30N2/c1-4-7-14(2,3)8-5-6-11-16-12-9-15-10-13-16/h15H,4-13H2,1-3H3. The third kappa shape index (κ3) is 5.86. The molecule has 0 amide bonds. The predicted molar refractivity (Wildman–Crippen MR) is 71.8 cm³/mol. The van der Waals surface area contributed by atoms with Crippen LogP contribution in [0.2, 0.25) is 0 Å². The van der Waals surface area contributed by atoms with Crippen molar-refractivity contribution < 1.29 is 0 Å². The molecule has 0 saturated carbocycles. The van der Waals surface area contributed by atoms with Gasteiger partial charge in [0.1, 0.15) is 0 Å². The van der Waals surface area contributed by atoms with E-state index in [2.05, 4.69) is 31.0 Å². The first-order valence-corrected chi connectivity index (χ1v) is 7.07. The van der Waals surface area contributed by atoms with Crippen LogP contribution in [-0.4, -0.2) is 37.6 Å². The first-order chi connectivity index (χ1) is 7.64. The van der Waals surface area contributed by atoms with Gasteiger partial charge < -0.3 is 10.2 Å². The quantitative estimate of drug-likeness (QED) is 0.672. The SMILES string of the molecule is CCCC(C)(C)CCCCN1CCNCC1. The molecule has 1 aliphatic rings. The summed E-state index contributed by atoms with van der Waals surface area (Å²) in [5, 5.41) is 3.40. The Hall–Kier alpha value is -0.0800. The van der Waals surface area contributed by atoms with Crippen molar-refractivity contribution in [1.29, 1.82) is 0 Å². The van der Waals surface area contributed by atoms with E-state index in [9.17, 15) is 0 Å². The van der Waals surface area contributed by atoms with Crippen LogP contribution in [0.4, 0.5) is 0 Å². The molecule has 0 bridgehead atoms. The summed E-state index contributed by atoms with van der Waals surface area (Å²) in [7, 11) is 0. The van der Waals surface area contributed by atoms with E-state index >= 15 is 0 Å². The molecular weight excluding hydrogens is 196 g/mol. The van der Waals surface area contributed by atoms with Crippen molar-refractivity contribution in [2.45, 2.75) is 52.9 Å². The van der Waals surface area contributed by atoms with Crippen LogP contribution < -0.4 is 5.32 Å². The van der Waals surface area contributed by atoms with Crippen molar-refractivity contribution in [3.63, 3.8) is 0 Å². The Bertz CT molecular complexity index is 172. The van der Waals surface area contributed by atoms with Gasteiger partial charge in [0.25, 0.3) is 0 Å². The zero-order valence-electron chi connectivity index (χ0n) is 11.5. The topological polar surface area (TPSA) is 15.3 Å². The lowest BCUT2D eigenvalue weighted by molar-refractivity contribution is 0.225. The molecule has 0 aliphatic carbocycles. The maximum atomic E-state index is 3.40. The molecule has 16 heavy (non-hydrogen) atoms. The second-order valence-corrected chi connectivity index (χ2v) is 5.96. The molecule has 2 heteroatoms. The lowest BCUT2D eigenvalue weighted by atomic mass is 9.83. The number of hydrogen-bond acceptors (Lipinski definition) is 2. The van der Waals surface area contributed by atoms with Gasteiger partial charge in [0.05, 0.1) is 0 Å². The third-order valence-electron chi connectivity index (χ3n) is 3.71. The van der Waals surface area contributed by atoms with Crippen molar-refractivity contribution in [2.75, 3.05) is 32.7 Å². The number of rotatable bonds is 7. The van der Waals surface area contributed by atoms with Crippen LogP contribution in [0.1, 0.15) is 52.9 Å². The fourth-order valence-corrected chi connectivity index (χ4v) is 2.68. The summed E-state index contributed by atoms with van der Waals surface area (Å²) >= 11 is 0. The summed E-state index contributed by atoms with van der Waals surface area (Å²) in [5.74, 6) is 0. The largest absolute Gasteiger partial charge is 0.314 e. The summed E-state index contributed by atoms with van der Waals surface area (Å²) in [6.07, 6.45) is 6.88. The molecule has 1 rings (SSSR count). The second-order valence-electron chi connectivity index (χ2n) is 5.96. The fourth-order valence-electron chi connectivity index (χ4n) is 2.68. The maximum absolute atomic E-state index is 3.40. The highest BCUT2D eigenvalue weighted by molar-refractivity contribution is 4.70. The Morgan fingerprint density at radius 3 is 2.38 bits per heavy atom. The fraction of sp³-hybridized carbons (Fsp3) is 1.00. The normalized spacial score (nSPS) is 18.9. The van der Waals surface area contributed by atoms with Gasteiger partial charge in [0.15, 0.2) is 0 Å². The van der Waals surface area contributed by atoms with E-state index < -0.39 is 0 Å². The summed E-state index contributed by atoms with van der Waals surface area (Å²) in [5.41, 5.74) is 0.568. The molecule has 96 valence electrons. The molecular formula is C14H30N2. The molecule has 0 aromatic carbocycles. The van der Waals surface area contributed by atoms with Gasteiger partial charge in [-0.1, -0.05) is 33.6 Å². The van der Waals surface area contributed by atoms with E-state index in [1.165, 1.54) is 64.8 Å². The van der Waals surface area contributed by atoms with E-state index in [4.69, 9.17) is 0 Å². The molecule has 1 heterocycles. The van der Waals surface area contributed by atoms with E-state index in [1.807, 2.05) is 0 Å². The molecule has 0 radical (unpaired) electrons. The molecule has 1 aliphatic heterocycles. The summed E-state index contributed by atoms with van der Waals surface area (Å²) in [6, 6.07) is 0. The van der Waals surface area contributed by atoms with Gasteiger partial charge in [-0.3, -0.25) is 0 Å². The number of nitrogens with one attached hydrogen (secondary N) is 1. The Labute approximate surface area is 102 Å². The second kappa shape index (κ2) is 7.29. The highest BCUT2D eigenvalue weighted by atomic mass is 15.2. The highest BCUT2D eigenvalue weighted by Crippen LogP contribution is 2.28. The minimum Gasteiger partial charge on any atom is -0.314 e. The first kappa shape index (κ1) is 14.0. The molecule has 2 nitrogen and oxygen atoms in total. The van der Waals surface area contributed by atoms with Crippen LogP contribution in [0.15, 0.2) is 0 Å². The molecule has 0 aromatic rings. The van der Waals surface area contributed by atoms with Gasteiger partial charge in [-0.15, -0.1) is 0 Å². The number of nitrogens with zero attached hydrogens (tertiary/aromatic N) is 1. The van der Waals surface area contributed by atoms with Crippen LogP contribution in [0.3, 0.4) is 0 Å². The molecule has 1 saturated heterocycles. The molecule has 0 atom stereocenters. The van der Waals surface area contributed by atoms with Gasteiger partial charge in [0, 0.05) is 26.2 Å². The lowest BCUT2D eigenvalue weighted by Gasteiger charge is -2.28. The molecule has 0 spiro atoms. The van der Waals surface area contributed by atoms with Crippen molar-refractivity contribution in [1.82, 2.24) is 10.2 Å². The number of piperazine rings is 1. The molecule has 0 unspecified atom stereocenters. The van der Waals surface area contributed by atoms with Crippen LogP contribution in [0.5, 0.6) is 0 Å². The van der Waals surface area contributed by atoms with Gasteiger partial charge in [-0.05, 0) is 31.2 Å². The average Bonchev–Trinajstić information content (AvgIpc) is 2.26. The summed E-state index contributed by atoms with van der Waals surface area (Å²) < 4.78 is 0.